The molecule has 0 unspecified atom stereocenters. The van der Waals surface area contributed by atoms with Gasteiger partial charge in [0, 0.05) is 29.7 Å². The van der Waals surface area contributed by atoms with E-state index < -0.39 is 0 Å². The lowest BCUT2D eigenvalue weighted by Crippen LogP contribution is -2.29. The smallest absolute Gasteiger partial charge is 0.251 e. The number of rotatable bonds is 4. The molecule has 0 spiro atoms. The van der Waals surface area contributed by atoms with Gasteiger partial charge < -0.3 is 9.88 Å². The number of nitrogens with zero attached hydrogens (tertiary/aromatic N) is 1. The Morgan fingerprint density at radius 1 is 1.15 bits per heavy atom. The normalized spacial score (nSPS) is 13.4. The molecule has 2 aromatic carbocycles. The van der Waals surface area contributed by atoms with E-state index in [9.17, 15) is 9.59 Å². The van der Waals surface area contributed by atoms with Crippen molar-refractivity contribution >= 4 is 22.5 Å². The van der Waals surface area contributed by atoms with Crippen LogP contribution in [-0.2, 0) is 17.6 Å². The molecule has 1 aliphatic rings. The number of aromatic nitrogens is 1. The van der Waals surface area contributed by atoms with Gasteiger partial charge in [-0.3, -0.25) is 9.59 Å². The Morgan fingerprint density at radius 2 is 1.96 bits per heavy atom. The van der Waals surface area contributed by atoms with E-state index in [-0.39, 0.29) is 11.5 Å². The van der Waals surface area contributed by atoms with E-state index in [1.54, 1.807) is 0 Å². The minimum atomic E-state index is -0.102. The second-order valence-corrected chi connectivity index (χ2v) is 7.55. The van der Waals surface area contributed by atoms with Gasteiger partial charge in [0.1, 0.15) is 0 Å². The number of pyridine rings is 1. The molecule has 0 bridgehead atoms. The van der Waals surface area contributed by atoms with Crippen LogP contribution in [0.1, 0.15) is 42.9 Å². The van der Waals surface area contributed by atoms with Gasteiger partial charge in [-0.25, -0.2) is 0 Å². The van der Waals surface area contributed by atoms with Crippen molar-refractivity contribution in [3.8, 4) is 0 Å². The van der Waals surface area contributed by atoms with Gasteiger partial charge in [0.2, 0.25) is 5.91 Å². The van der Waals surface area contributed by atoms with Crippen LogP contribution in [0.15, 0.2) is 53.3 Å². The zero-order valence-electron chi connectivity index (χ0n) is 15.8. The summed E-state index contributed by atoms with van der Waals surface area (Å²) < 4.78 is 0. The number of anilines is 1. The second-order valence-electron chi connectivity index (χ2n) is 7.55. The van der Waals surface area contributed by atoms with Crippen LogP contribution in [0.4, 0.5) is 5.69 Å². The van der Waals surface area contributed by atoms with E-state index in [0.717, 1.165) is 29.6 Å². The van der Waals surface area contributed by atoms with Crippen molar-refractivity contribution < 1.29 is 4.79 Å². The van der Waals surface area contributed by atoms with Gasteiger partial charge in [0.15, 0.2) is 0 Å². The number of carbonyl (C=O) groups is 1. The lowest BCUT2D eigenvalue weighted by Gasteiger charge is -2.17. The Hall–Kier alpha value is -2.88. The number of fused-ring (bicyclic) bond motifs is 2. The fraction of sp³-hybridized carbons (Fsp3) is 0.304. The number of aromatic amines is 1. The molecule has 0 aliphatic carbocycles. The van der Waals surface area contributed by atoms with E-state index in [2.05, 4.69) is 37.0 Å². The molecule has 1 N–H and O–H groups in total. The number of carbonyl (C=O) groups excluding carboxylic acids is 1. The summed E-state index contributed by atoms with van der Waals surface area (Å²) in [4.78, 5) is 29.9. The highest BCUT2D eigenvalue weighted by atomic mass is 16.2. The van der Waals surface area contributed by atoms with Gasteiger partial charge in [-0.1, -0.05) is 38.1 Å². The topological polar surface area (TPSA) is 53.2 Å². The maximum Gasteiger partial charge on any atom is 0.251 e. The zero-order valence-corrected chi connectivity index (χ0v) is 15.8. The lowest BCUT2D eigenvalue weighted by atomic mass is 10.00. The van der Waals surface area contributed by atoms with Gasteiger partial charge in [-0.15, -0.1) is 0 Å². The van der Waals surface area contributed by atoms with Crippen molar-refractivity contribution in [1.29, 1.82) is 0 Å². The molecule has 3 aromatic rings. The van der Waals surface area contributed by atoms with Crippen LogP contribution >= 0.6 is 0 Å². The number of benzene rings is 2. The molecule has 0 fully saturated rings. The quantitative estimate of drug-likeness (QED) is 0.759. The molecular weight excluding hydrogens is 336 g/mol. The first-order chi connectivity index (χ1) is 13.0. The summed E-state index contributed by atoms with van der Waals surface area (Å²) in [5, 5.41) is 1.02. The van der Waals surface area contributed by atoms with Gasteiger partial charge in [0.25, 0.3) is 5.56 Å². The zero-order chi connectivity index (χ0) is 19.0. The molecule has 4 nitrogen and oxygen atoms in total. The van der Waals surface area contributed by atoms with Crippen LogP contribution in [0.3, 0.4) is 0 Å². The van der Waals surface area contributed by atoms with E-state index >= 15 is 0 Å². The third-order valence-corrected chi connectivity index (χ3v) is 5.41. The number of aryl methyl sites for hydroxylation is 1. The summed E-state index contributed by atoms with van der Waals surface area (Å²) in [6.45, 7) is 5.03. The summed E-state index contributed by atoms with van der Waals surface area (Å²) in [6, 6.07) is 16.1. The highest BCUT2D eigenvalue weighted by molar-refractivity contribution is 5.95. The molecule has 0 saturated carbocycles. The lowest BCUT2D eigenvalue weighted by molar-refractivity contribution is -0.118. The van der Waals surface area contributed by atoms with Crippen molar-refractivity contribution in [1.82, 2.24) is 4.98 Å². The molecule has 138 valence electrons. The third-order valence-electron chi connectivity index (χ3n) is 5.41. The number of amides is 1. The minimum Gasteiger partial charge on any atom is -0.322 e. The third kappa shape index (κ3) is 3.39. The first-order valence-electron chi connectivity index (χ1n) is 9.57. The van der Waals surface area contributed by atoms with E-state index in [0.29, 0.717) is 24.3 Å². The summed E-state index contributed by atoms with van der Waals surface area (Å²) in [5.41, 5.74) is 4.88. The molecule has 4 heteroatoms. The Kier molecular flexibility index (Phi) is 4.56. The van der Waals surface area contributed by atoms with E-state index in [4.69, 9.17) is 0 Å². The van der Waals surface area contributed by atoms with Crippen molar-refractivity contribution in [3.63, 3.8) is 0 Å². The van der Waals surface area contributed by atoms with Crippen LogP contribution in [0, 0.1) is 0 Å². The van der Waals surface area contributed by atoms with Crippen molar-refractivity contribution in [2.45, 2.75) is 39.0 Å². The van der Waals surface area contributed by atoms with Crippen LogP contribution in [0.5, 0.6) is 0 Å². The maximum atomic E-state index is 12.7. The summed E-state index contributed by atoms with van der Waals surface area (Å²) in [5.74, 6) is 0.511. The van der Waals surface area contributed by atoms with E-state index in [1.165, 1.54) is 11.1 Å². The van der Waals surface area contributed by atoms with Crippen LogP contribution in [0.25, 0.3) is 10.9 Å². The molecule has 0 atom stereocenters. The van der Waals surface area contributed by atoms with E-state index in [1.807, 2.05) is 35.2 Å². The van der Waals surface area contributed by atoms with Crippen molar-refractivity contribution in [3.05, 3.63) is 75.6 Å². The predicted octanol–water partition coefficient (Wildman–Crippen LogP) is 4.17. The SMILES string of the molecule is CC(C)c1ccc2[nH]c(=O)c(CCC(=O)N3CCc4ccccc43)cc2c1. The molecule has 2 heterocycles. The Balaban J connectivity index is 1.54. The van der Waals surface area contributed by atoms with Crippen molar-refractivity contribution in [2.75, 3.05) is 11.4 Å². The molecule has 27 heavy (non-hydrogen) atoms. The van der Waals surface area contributed by atoms with Crippen LogP contribution in [0.2, 0.25) is 0 Å². The Labute approximate surface area is 158 Å². The standard InChI is InChI=1S/C23H24N2O2/c1-15(2)17-7-9-20-19(13-17)14-18(23(27)24-20)8-10-22(26)25-12-11-16-5-3-4-6-21(16)25/h3-7,9,13-15H,8,10-12H2,1-2H3,(H,24,27). The first kappa shape index (κ1) is 17.5. The fourth-order valence-electron chi connectivity index (χ4n) is 3.79. The molecular formula is C23H24N2O2. The van der Waals surface area contributed by atoms with Crippen molar-refractivity contribution in [2.24, 2.45) is 0 Å². The molecule has 1 aliphatic heterocycles. The first-order valence-corrected chi connectivity index (χ1v) is 9.57. The second kappa shape index (κ2) is 7.03. The Morgan fingerprint density at radius 3 is 2.78 bits per heavy atom. The fourth-order valence-corrected chi connectivity index (χ4v) is 3.79. The van der Waals surface area contributed by atoms with Gasteiger partial charge in [-0.2, -0.15) is 0 Å². The molecule has 4 rings (SSSR count). The highest BCUT2D eigenvalue weighted by Crippen LogP contribution is 2.28. The number of H-pyrrole nitrogens is 1. The van der Waals surface area contributed by atoms with Gasteiger partial charge in [0.05, 0.1) is 0 Å². The predicted molar refractivity (Wildman–Crippen MR) is 109 cm³/mol. The van der Waals surface area contributed by atoms with Crippen LogP contribution < -0.4 is 10.5 Å². The molecule has 0 saturated heterocycles. The largest absolute Gasteiger partial charge is 0.322 e. The average molecular weight is 360 g/mol. The average Bonchev–Trinajstić information content (AvgIpc) is 3.10. The van der Waals surface area contributed by atoms with Gasteiger partial charge >= 0.3 is 0 Å². The minimum absolute atomic E-state index is 0.0791. The molecule has 0 radical (unpaired) electrons. The molecule has 1 amide bonds. The number of hydrogen-bond donors (Lipinski definition) is 1. The summed E-state index contributed by atoms with van der Waals surface area (Å²) in [6.07, 6.45) is 1.69. The monoisotopic (exact) mass is 360 g/mol. The number of para-hydroxylation sites is 1. The van der Waals surface area contributed by atoms with Gasteiger partial charge in [-0.05, 0) is 59.5 Å². The Bertz CT molecular complexity index is 1070. The molecule has 1 aromatic heterocycles. The summed E-state index contributed by atoms with van der Waals surface area (Å²) >= 11 is 0. The maximum absolute atomic E-state index is 12.7. The number of hydrogen-bond acceptors (Lipinski definition) is 2. The highest BCUT2D eigenvalue weighted by Gasteiger charge is 2.23. The summed E-state index contributed by atoms with van der Waals surface area (Å²) in [7, 11) is 0. The number of nitrogens with one attached hydrogen (secondary N) is 1. The van der Waals surface area contributed by atoms with Crippen LogP contribution in [-0.4, -0.2) is 17.4 Å².